The molecule has 5 rings (SSSR count). The molecule has 1 atom stereocenters. The summed E-state index contributed by atoms with van der Waals surface area (Å²) in [5.41, 5.74) is 1.44. The van der Waals surface area contributed by atoms with Crippen molar-refractivity contribution in [1.82, 2.24) is 19.6 Å². The van der Waals surface area contributed by atoms with Crippen LogP contribution in [0.25, 0.3) is 5.69 Å². The molecule has 9 heteroatoms. The number of esters is 1. The minimum absolute atomic E-state index is 0.106. The molecular formula is C26H28N4O5. The van der Waals surface area contributed by atoms with Crippen LogP contribution in [0, 0.1) is 17.8 Å². The zero-order chi connectivity index (χ0) is 24.7. The van der Waals surface area contributed by atoms with Gasteiger partial charge in [-0.05, 0) is 38.0 Å². The van der Waals surface area contributed by atoms with Gasteiger partial charge in [0.15, 0.2) is 5.69 Å². The summed E-state index contributed by atoms with van der Waals surface area (Å²) >= 11 is 0. The Morgan fingerprint density at radius 2 is 2.09 bits per heavy atom. The van der Waals surface area contributed by atoms with Gasteiger partial charge < -0.3 is 19.6 Å². The van der Waals surface area contributed by atoms with E-state index >= 15 is 0 Å². The van der Waals surface area contributed by atoms with E-state index in [9.17, 15) is 19.5 Å². The van der Waals surface area contributed by atoms with Gasteiger partial charge >= 0.3 is 5.97 Å². The number of carbonyl (C=O) groups is 3. The second-order valence-corrected chi connectivity index (χ2v) is 9.33. The molecule has 2 amide bonds. The number of benzene rings is 1. The van der Waals surface area contributed by atoms with Gasteiger partial charge in [-0.15, -0.1) is 0 Å². The Morgan fingerprint density at radius 3 is 2.77 bits per heavy atom. The molecule has 3 heterocycles. The SMILES string of the molecule is CCOC(=O)c1nn(-c2cccc(C#CC3(O)CCN(C)C3=O)c2)c2c1CN(C(=O)C1CC1)CC2. The van der Waals surface area contributed by atoms with E-state index in [0.717, 1.165) is 18.5 Å². The lowest BCUT2D eigenvalue weighted by Gasteiger charge is -2.28. The number of ether oxygens (including phenoxy) is 1. The van der Waals surface area contributed by atoms with E-state index < -0.39 is 17.5 Å². The van der Waals surface area contributed by atoms with Gasteiger partial charge in [0, 0.05) is 56.6 Å². The van der Waals surface area contributed by atoms with Crippen molar-refractivity contribution in [2.75, 3.05) is 26.7 Å². The first-order chi connectivity index (χ1) is 16.8. The summed E-state index contributed by atoms with van der Waals surface area (Å²) in [6, 6.07) is 7.28. The smallest absolute Gasteiger partial charge is 0.359 e. The predicted octanol–water partition coefficient (Wildman–Crippen LogP) is 1.29. The fourth-order valence-electron chi connectivity index (χ4n) is 4.63. The average molecular weight is 477 g/mol. The van der Waals surface area contributed by atoms with E-state index in [2.05, 4.69) is 16.9 Å². The molecule has 182 valence electrons. The molecule has 0 spiro atoms. The van der Waals surface area contributed by atoms with Crippen molar-refractivity contribution in [3.8, 4) is 17.5 Å². The average Bonchev–Trinajstić information content (AvgIpc) is 3.60. The number of aromatic nitrogens is 2. The molecule has 2 aliphatic heterocycles. The highest BCUT2D eigenvalue weighted by molar-refractivity contribution is 5.91. The third kappa shape index (κ3) is 4.30. The second-order valence-electron chi connectivity index (χ2n) is 9.33. The zero-order valence-electron chi connectivity index (χ0n) is 19.9. The number of likely N-dealkylation sites (tertiary alicyclic amines) is 1. The number of rotatable bonds is 4. The van der Waals surface area contributed by atoms with Crippen molar-refractivity contribution in [2.24, 2.45) is 5.92 Å². The number of likely N-dealkylation sites (N-methyl/N-ethyl adjacent to an activating group) is 1. The number of amides is 2. The standard InChI is InChI=1S/C26H28N4O5/c1-3-35-24(32)22-20-16-29(23(31)18-7-8-18)13-10-21(20)30(27-22)19-6-4-5-17(15-19)9-11-26(34)12-14-28(2)25(26)33/h4-6,15,18,34H,3,7-8,10,12-14,16H2,1-2H3. The third-order valence-electron chi connectivity index (χ3n) is 6.78. The van der Waals surface area contributed by atoms with E-state index in [1.54, 1.807) is 24.7 Å². The summed E-state index contributed by atoms with van der Waals surface area (Å²) in [5, 5.41) is 15.2. The van der Waals surface area contributed by atoms with Crippen LogP contribution in [-0.4, -0.2) is 74.8 Å². The van der Waals surface area contributed by atoms with Gasteiger partial charge in [0.05, 0.1) is 18.0 Å². The number of aliphatic hydroxyl groups is 1. The molecule has 35 heavy (non-hydrogen) atoms. The first kappa shape index (κ1) is 23.1. The lowest BCUT2D eigenvalue weighted by molar-refractivity contribution is -0.137. The quantitative estimate of drug-likeness (QED) is 0.527. The molecule has 1 aromatic heterocycles. The molecule has 1 aromatic carbocycles. The van der Waals surface area contributed by atoms with E-state index in [4.69, 9.17) is 4.74 Å². The van der Waals surface area contributed by atoms with Crippen LogP contribution in [0.1, 0.15) is 53.5 Å². The summed E-state index contributed by atoms with van der Waals surface area (Å²) in [5.74, 6) is 5.00. The fourth-order valence-corrected chi connectivity index (χ4v) is 4.63. The van der Waals surface area contributed by atoms with Crippen LogP contribution in [0.2, 0.25) is 0 Å². The van der Waals surface area contributed by atoms with Gasteiger partial charge in [-0.1, -0.05) is 17.9 Å². The lowest BCUT2D eigenvalue weighted by atomic mass is 10.0. The van der Waals surface area contributed by atoms with Crippen LogP contribution in [0.4, 0.5) is 0 Å². The topological polar surface area (TPSA) is 105 Å². The van der Waals surface area contributed by atoms with Crippen LogP contribution in [0.3, 0.4) is 0 Å². The highest BCUT2D eigenvalue weighted by Gasteiger charge is 2.42. The van der Waals surface area contributed by atoms with E-state index in [1.807, 2.05) is 23.1 Å². The van der Waals surface area contributed by atoms with Crippen molar-refractivity contribution < 1.29 is 24.2 Å². The molecule has 0 radical (unpaired) electrons. The number of carbonyl (C=O) groups excluding carboxylic acids is 3. The molecule has 2 aromatic rings. The van der Waals surface area contributed by atoms with Crippen LogP contribution in [-0.2, 0) is 27.3 Å². The van der Waals surface area contributed by atoms with Crippen molar-refractivity contribution in [2.45, 2.75) is 44.8 Å². The van der Waals surface area contributed by atoms with Crippen molar-refractivity contribution >= 4 is 17.8 Å². The summed E-state index contributed by atoms with van der Waals surface area (Å²) in [6.07, 6.45) is 2.69. The number of hydrogen-bond acceptors (Lipinski definition) is 6. The van der Waals surface area contributed by atoms with Crippen molar-refractivity contribution in [1.29, 1.82) is 0 Å². The minimum Gasteiger partial charge on any atom is -0.461 e. The van der Waals surface area contributed by atoms with Crippen LogP contribution in [0.15, 0.2) is 24.3 Å². The maximum Gasteiger partial charge on any atom is 0.359 e. The maximum atomic E-state index is 12.7. The fraction of sp³-hybridized carbons (Fsp3) is 0.462. The Balaban J connectivity index is 1.48. The first-order valence-electron chi connectivity index (χ1n) is 12.0. The molecule has 1 saturated heterocycles. The van der Waals surface area contributed by atoms with Gasteiger partial charge in [0.2, 0.25) is 11.5 Å². The first-order valence-corrected chi connectivity index (χ1v) is 12.0. The Labute approximate surface area is 203 Å². The molecular weight excluding hydrogens is 448 g/mol. The highest BCUT2D eigenvalue weighted by atomic mass is 16.5. The molecule has 1 unspecified atom stereocenters. The third-order valence-corrected chi connectivity index (χ3v) is 6.78. The highest BCUT2D eigenvalue weighted by Crippen LogP contribution is 2.34. The van der Waals surface area contributed by atoms with Gasteiger partial charge in [-0.2, -0.15) is 5.10 Å². The van der Waals surface area contributed by atoms with Gasteiger partial charge in [0.1, 0.15) is 0 Å². The number of fused-ring (bicyclic) bond motifs is 1. The summed E-state index contributed by atoms with van der Waals surface area (Å²) in [6.45, 7) is 3.33. The molecule has 1 N–H and O–H groups in total. The van der Waals surface area contributed by atoms with Gasteiger partial charge in [-0.25, -0.2) is 9.48 Å². The normalized spacial score (nSPS) is 21.4. The van der Waals surface area contributed by atoms with Gasteiger partial charge in [-0.3, -0.25) is 9.59 Å². The van der Waals surface area contributed by atoms with E-state index in [1.165, 1.54) is 4.90 Å². The Kier molecular flexibility index (Phi) is 5.85. The summed E-state index contributed by atoms with van der Waals surface area (Å²) in [7, 11) is 1.64. The van der Waals surface area contributed by atoms with E-state index in [0.29, 0.717) is 42.9 Å². The maximum absolute atomic E-state index is 12.7. The molecule has 3 aliphatic rings. The summed E-state index contributed by atoms with van der Waals surface area (Å²) in [4.78, 5) is 40.9. The van der Waals surface area contributed by atoms with E-state index in [-0.39, 0.29) is 30.5 Å². The van der Waals surface area contributed by atoms with Crippen LogP contribution in [0.5, 0.6) is 0 Å². The minimum atomic E-state index is -1.68. The molecule has 0 bridgehead atoms. The lowest BCUT2D eigenvalue weighted by Crippen LogP contribution is -2.37. The molecule has 1 aliphatic carbocycles. The second kappa shape index (κ2) is 8.86. The van der Waals surface area contributed by atoms with Crippen LogP contribution < -0.4 is 0 Å². The van der Waals surface area contributed by atoms with Crippen molar-refractivity contribution in [3.05, 3.63) is 46.8 Å². The van der Waals surface area contributed by atoms with Gasteiger partial charge in [0.25, 0.3) is 5.91 Å². The Hall–Kier alpha value is -3.64. The Morgan fingerprint density at radius 1 is 1.29 bits per heavy atom. The number of hydrogen-bond donors (Lipinski definition) is 1. The number of nitrogens with zero attached hydrogens (tertiary/aromatic N) is 4. The zero-order valence-corrected chi connectivity index (χ0v) is 19.9. The molecule has 2 fully saturated rings. The van der Waals surface area contributed by atoms with Crippen molar-refractivity contribution in [3.63, 3.8) is 0 Å². The summed E-state index contributed by atoms with van der Waals surface area (Å²) < 4.78 is 6.96. The van der Waals surface area contributed by atoms with Crippen LogP contribution >= 0.6 is 0 Å². The Bertz CT molecular complexity index is 1270. The predicted molar refractivity (Wildman–Crippen MR) is 125 cm³/mol. The molecule has 9 nitrogen and oxygen atoms in total. The monoisotopic (exact) mass is 476 g/mol. The largest absolute Gasteiger partial charge is 0.461 e. The molecule has 1 saturated carbocycles.